The minimum absolute atomic E-state index is 0.411. The van der Waals surface area contributed by atoms with E-state index in [1.165, 1.54) is 17.3 Å². The summed E-state index contributed by atoms with van der Waals surface area (Å²) in [6.07, 6.45) is 1.90. The van der Waals surface area contributed by atoms with Crippen molar-refractivity contribution in [2.75, 3.05) is 12.0 Å². The number of nitrogens with zero attached hydrogens (tertiary/aromatic N) is 2. The van der Waals surface area contributed by atoms with E-state index in [0.29, 0.717) is 22.8 Å². The number of aromatic nitrogens is 2. The molecule has 2 aromatic rings. The summed E-state index contributed by atoms with van der Waals surface area (Å²) in [4.78, 5) is 8.36. The molecule has 19 heavy (non-hydrogen) atoms. The zero-order valence-corrected chi connectivity index (χ0v) is 12.1. The van der Waals surface area contributed by atoms with Gasteiger partial charge in [-0.25, -0.2) is 4.98 Å². The van der Waals surface area contributed by atoms with Crippen LogP contribution in [0.3, 0.4) is 0 Å². The Morgan fingerprint density at radius 2 is 2.00 bits per heavy atom. The van der Waals surface area contributed by atoms with Gasteiger partial charge in [0.15, 0.2) is 5.16 Å². The molecule has 1 aromatic carbocycles. The summed E-state index contributed by atoms with van der Waals surface area (Å²) in [6, 6.07) is 9.61. The highest BCUT2D eigenvalue weighted by Crippen LogP contribution is 2.26. The average molecular weight is 275 g/mol. The number of nitrogen functional groups attached to an aromatic ring is 1. The first-order chi connectivity index (χ1) is 9.08. The van der Waals surface area contributed by atoms with E-state index in [-0.39, 0.29) is 0 Å². The molecule has 4 nitrogen and oxygen atoms in total. The zero-order valence-electron chi connectivity index (χ0n) is 11.3. The Labute approximate surface area is 117 Å². The lowest BCUT2D eigenvalue weighted by Gasteiger charge is -2.09. The molecule has 0 bridgehead atoms. The molecule has 0 saturated carbocycles. The van der Waals surface area contributed by atoms with E-state index >= 15 is 0 Å². The molecule has 0 unspecified atom stereocenters. The second-order valence-electron chi connectivity index (χ2n) is 4.45. The lowest BCUT2D eigenvalue weighted by atomic mass is 10.0. The van der Waals surface area contributed by atoms with Crippen molar-refractivity contribution in [3.05, 3.63) is 35.9 Å². The molecule has 0 spiro atoms. The molecule has 0 aliphatic rings. The zero-order chi connectivity index (χ0) is 13.8. The Hall–Kier alpha value is -1.75. The summed E-state index contributed by atoms with van der Waals surface area (Å²) in [6.45, 7) is 4.29. The number of hydrogen-bond acceptors (Lipinski definition) is 5. The first-order valence-electron chi connectivity index (χ1n) is 6.05. The minimum Gasteiger partial charge on any atom is -0.439 e. The summed E-state index contributed by atoms with van der Waals surface area (Å²) >= 11 is 1.43. The van der Waals surface area contributed by atoms with E-state index in [4.69, 9.17) is 10.5 Å². The Bertz CT molecular complexity index is 572. The van der Waals surface area contributed by atoms with Gasteiger partial charge >= 0.3 is 0 Å². The third kappa shape index (κ3) is 3.61. The van der Waals surface area contributed by atoms with Crippen molar-refractivity contribution in [2.24, 2.45) is 0 Å². The van der Waals surface area contributed by atoms with Crippen LogP contribution in [0.5, 0.6) is 11.6 Å². The molecular weight excluding hydrogens is 258 g/mol. The third-order valence-electron chi connectivity index (χ3n) is 2.63. The Morgan fingerprint density at radius 3 is 2.68 bits per heavy atom. The summed E-state index contributed by atoms with van der Waals surface area (Å²) in [5.41, 5.74) is 6.95. The Kier molecular flexibility index (Phi) is 4.27. The molecule has 1 aromatic heterocycles. The number of ether oxygens (including phenoxy) is 1. The number of rotatable bonds is 4. The standard InChI is InChI=1S/C14H17N3OS/c1-9(2)10-5-4-6-11(7-10)18-13-8-12(15)16-14(17-13)19-3/h4-9H,1-3H3,(H2,15,16,17). The fraction of sp³-hybridized carbons (Fsp3) is 0.286. The largest absolute Gasteiger partial charge is 0.439 e. The second kappa shape index (κ2) is 5.93. The summed E-state index contributed by atoms with van der Waals surface area (Å²) in [5.74, 6) is 2.10. The van der Waals surface area contributed by atoms with Crippen molar-refractivity contribution in [1.29, 1.82) is 0 Å². The fourth-order valence-electron chi connectivity index (χ4n) is 1.62. The van der Waals surface area contributed by atoms with Crippen molar-refractivity contribution in [3.8, 4) is 11.6 Å². The predicted octanol–water partition coefficient (Wildman–Crippen LogP) is 3.70. The van der Waals surface area contributed by atoms with Crippen LogP contribution < -0.4 is 10.5 Å². The molecule has 2 rings (SSSR count). The van der Waals surface area contributed by atoms with Gasteiger partial charge in [-0.15, -0.1) is 0 Å². The van der Waals surface area contributed by atoms with Gasteiger partial charge in [-0.2, -0.15) is 4.98 Å². The molecule has 0 aliphatic carbocycles. The van der Waals surface area contributed by atoms with Crippen LogP contribution in [0.15, 0.2) is 35.5 Å². The van der Waals surface area contributed by atoms with Crippen LogP contribution in [-0.4, -0.2) is 16.2 Å². The van der Waals surface area contributed by atoms with Gasteiger partial charge in [0.25, 0.3) is 0 Å². The fourth-order valence-corrected chi connectivity index (χ4v) is 2.00. The number of anilines is 1. The minimum atomic E-state index is 0.411. The van der Waals surface area contributed by atoms with E-state index in [0.717, 1.165) is 5.75 Å². The quantitative estimate of drug-likeness (QED) is 0.681. The number of nitrogens with two attached hydrogens (primary N) is 1. The highest BCUT2D eigenvalue weighted by atomic mass is 32.2. The van der Waals surface area contributed by atoms with Crippen LogP contribution in [0.1, 0.15) is 25.3 Å². The molecule has 0 radical (unpaired) electrons. The van der Waals surface area contributed by atoms with Gasteiger partial charge in [-0.05, 0) is 29.9 Å². The topological polar surface area (TPSA) is 61.0 Å². The normalized spacial score (nSPS) is 10.7. The van der Waals surface area contributed by atoms with Gasteiger partial charge in [-0.1, -0.05) is 37.7 Å². The predicted molar refractivity (Wildman–Crippen MR) is 78.8 cm³/mol. The molecule has 0 saturated heterocycles. The van der Waals surface area contributed by atoms with Crippen LogP contribution in [0.25, 0.3) is 0 Å². The summed E-state index contributed by atoms with van der Waals surface area (Å²) < 4.78 is 5.75. The van der Waals surface area contributed by atoms with E-state index in [1.807, 2.05) is 24.5 Å². The summed E-state index contributed by atoms with van der Waals surface area (Å²) in [7, 11) is 0. The first-order valence-corrected chi connectivity index (χ1v) is 7.27. The van der Waals surface area contributed by atoms with E-state index in [2.05, 4.69) is 29.9 Å². The second-order valence-corrected chi connectivity index (χ2v) is 5.22. The number of thioether (sulfide) groups is 1. The molecule has 1 heterocycles. The lowest BCUT2D eigenvalue weighted by Crippen LogP contribution is -1.97. The molecule has 5 heteroatoms. The van der Waals surface area contributed by atoms with Crippen molar-refractivity contribution in [1.82, 2.24) is 9.97 Å². The lowest BCUT2D eigenvalue weighted by molar-refractivity contribution is 0.455. The van der Waals surface area contributed by atoms with Gasteiger partial charge in [0.05, 0.1) is 0 Å². The Morgan fingerprint density at radius 1 is 1.21 bits per heavy atom. The van der Waals surface area contributed by atoms with Crippen LogP contribution in [0.4, 0.5) is 5.82 Å². The van der Waals surface area contributed by atoms with Gasteiger partial charge < -0.3 is 10.5 Å². The van der Waals surface area contributed by atoms with Crippen molar-refractivity contribution in [3.63, 3.8) is 0 Å². The van der Waals surface area contributed by atoms with Crippen LogP contribution in [0, 0.1) is 0 Å². The van der Waals surface area contributed by atoms with Crippen LogP contribution >= 0.6 is 11.8 Å². The van der Waals surface area contributed by atoms with Gasteiger partial charge in [-0.3, -0.25) is 0 Å². The van der Waals surface area contributed by atoms with Crippen molar-refractivity contribution < 1.29 is 4.74 Å². The maximum atomic E-state index is 5.75. The number of hydrogen-bond donors (Lipinski definition) is 1. The molecule has 0 fully saturated rings. The van der Waals surface area contributed by atoms with Gasteiger partial charge in [0, 0.05) is 6.07 Å². The maximum absolute atomic E-state index is 5.75. The Balaban J connectivity index is 2.25. The smallest absolute Gasteiger partial charge is 0.225 e. The molecule has 2 N–H and O–H groups in total. The highest BCUT2D eigenvalue weighted by Gasteiger charge is 2.06. The average Bonchev–Trinajstić information content (AvgIpc) is 2.38. The van der Waals surface area contributed by atoms with Gasteiger partial charge in [0.1, 0.15) is 11.6 Å². The molecular formula is C14H17N3OS. The molecule has 0 amide bonds. The van der Waals surface area contributed by atoms with E-state index in [1.54, 1.807) is 6.07 Å². The molecule has 100 valence electrons. The highest BCUT2D eigenvalue weighted by molar-refractivity contribution is 7.98. The van der Waals surface area contributed by atoms with Crippen molar-refractivity contribution >= 4 is 17.6 Å². The molecule has 0 aliphatic heterocycles. The SMILES string of the molecule is CSc1nc(N)cc(Oc2cccc(C(C)C)c2)n1. The van der Waals surface area contributed by atoms with Crippen LogP contribution in [0.2, 0.25) is 0 Å². The monoisotopic (exact) mass is 275 g/mol. The maximum Gasteiger partial charge on any atom is 0.225 e. The first kappa shape index (κ1) is 13.7. The summed E-state index contributed by atoms with van der Waals surface area (Å²) in [5, 5.41) is 0.606. The van der Waals surface area contributed by atoms with E-state index < -0.39 is 0 Å². The van der Waals surface area contributed by atoms with E-state index in [9.17, 15) is 0 Å². The van der Waals surface area contributed by atoms with Gasteiger partial charge in [0.2, 0.25) is 5.88 Å². The third-order valence-corrected chi connectivity index (χ3v) is 3.18. The number of benzene rings is 1. The van der Waals surface area contributed by atoms with Crippen molar-refractivity contribution in [2.45, 2.75) is 24.9 Å². The molecule has 0 atom stereocenters. The van der Waals surface area contributed by atoms with Crippen LogP contribution in [-0.2, 0) is 0 Å².